The number of ether oxygens (including phenoxy) is 1. The molecule has 0 unspecified atom stereocenters. The van der Waals surface area contributed by atoms with Crippen molar-refractivity contribution in [3.05, 3.63) is 52.6 Å². The Labute approximate surface area is 104 Å². The summed E-state index contributed by atoms with van der Waals surface area (Å²) < 4.78 is 4.21. The monoisotopic (exact) mass is 251 g/mol. The second kappa shape index (κ2) is 7.72. The molecule has 0 N–H and O–H groups in total. The average Bonchev–Trinajstić information content (AvgIpc) is 2.38. The Morgan fingerprint density at radius 1 is 1.28 bits per heavy atom. The molecule has 0 aliphatic heterocycles. The smallest absolute Gasteiger partial charge is 0.340 e. The van der Waals surface area contributed by atoms with Crippen molar-refractivity contribution in [1.82, 2.24) is 0 Å². The van der Waals surface area contributed by atoms with Gasteiger partial charge in [-0.05, 0) is 6.92 Å². The third kappa shape index (κ3) is 5.55. The van der Waals surface area contributed by atoms with Crippen LogP contribution in [-0.2, 0) is 14.3 Å². The van der Waals surface area contributed by atoms with E-state index in [0.717, 1.165) is 0 Å². The van der Waals surface area contributed by atoms with Crippen molar-refractivity contribution in [3.63, 3.8) is 0 Å². The summed E-state index contributed by atoms with van der Waals surface area (Å²) in [4.78, 5) is 30.3. The minimum atomic E-state index is -0.664. The summed E-state index contributed by atoms with van der Waals surface area (Å²) in [5.41, 5.74) is 0.0231. The standard InChI is InChI=1S/C6H5NO2.C6H8O3/c8-7(9)6-4-2-1-3-5-6;1-4(5(2)7)6(8)9-3/h1-5H;1H2,2-3H3. The van der Waals surface area contributed by atoms with Crippen molar-refractivity contribution in [1.29, 1.82) is 0 Å². The minimum Gasteiger partial charge on any atom is -0.465 e. The molecule has 96 valence electrons. The van der Waals surface area contributed by atoms with Gasteiger partial charge in [-0.3, -0.25) is 14.9 Å². The van der Waals surface area contributed by atoms with E-state index in [1.165, 1.54) is 26.2 Å². The maximum Gasteiger partial charge on any atom is 0.340 e. The largest absolute Gasteiger partial charge is 0.465 e. The number of Topliss-reactive ketones (excluding diaryl/α,β-unsaturated/α-hetero) is 1. The van der Waals surface area contributed by atoms with Crippen LogP contribution < -0.4 is 0 Å². The number of non-ortho nitro benzene ring substituents is 1. The van der Waals surface area contributed by atoms with Crippen LogP contribution in [0, 0.1) is 10.1 Å². The number of ketones is 1. The van der Waals surface area contributed by atoms with E-state index in [0.29, 0.717) is 0 Å². The molecule has 0 saturated heterocycles. The highest BCUT2D eigenvalue weighted by atomic mass is 16.6. The molecule has 0 aliphatic carbocycles. The van der Waals surface area contributed by atoms with Gasteiger partial charge in [0, 0.05) is 12.1 Å². The molecule has 18 heavy (non-hydrogen) atoms. The van der Waals surface area contributed by atoms with Crippen molar-refractivity contribution in [2.24, 2.45) is 0 Å². The molecule has 0 aromatic heterocycles. The first-order valence-corrected chi connectivity index (χ1v) is 4.87. The van der Waals surface area contributed by atoms with Crippen LogP contribution in [0.25, 0.3) is 0 Å². The molecule has 0 fully saturated rings. The fourth-order valence-electron chi connectivity index (χ4n) is 0.817. The van der Waals surface area contributed by atoms with Gasteiger partial charge in [0.25, 0.3) is 5.69 Å². The molecule has 0 atom stereocenters. The predicted molar refractivity (Wildman–Crippen MR) is 64.9 cm³/mol. The van der Waals surface area contributed by atoms with Gasteiger partial charge in [0.1, 0.15) is 0 Å². The van der Waals surface area contributed by atoms with Gasteiger partial charge in [-0.25, -0.2) is 4.79 Å². The maximum absolute atomic E-state index is 10.4. The van der Waals surface area contributed by atoms with E-state index in [9.17, 15) is 19.7 Å². The second-order valence-corrected chi connectivity index (χ2v) is 3.12. The number of nitro benzene ring substituents is 1. The molecule has 0 radical (unpaired) electrons. The second-order valence-electron chi connectivity index (χ2n) is 3.12. The van der Waals surface area contributed by atoms with Crippen LogP contribution in [0.3, 0.4) is 0 Å². The highest BCUT2D eigenvalue weighted by Gasteiger charge is 2.09. The molecular weight excluding hydrogens is 238 g/mol. The Kier molecular flexibility index (Phi) is 6.65. The molecule has 1 aromatic carbocycles. The van der Waals surface area contributed by atoms with Crippen LogP contribution in [0.1, 0.15) is 6.92 Å². The highest BCUT2D eigenvalue weighted by Crippen LogP contribution is 2.06. The zero-order valence-corrected chi connectivity index (χ0v) is 10.1. The van der Waals surface area contributed by atoms with Crippen molar-refractivity contribution >= 4 is 17.4 Å². The lowest BCUT2D eigenvalue weighted by molar-refractivity contribution is -0.384. The fraction of sp³-hybridized carbons (Fsp3) is 0.167. The number of carbonyl (C=O) groups excluding carboxylic acids is 2. The van der Waals surface area contributed by atoms with Crippen molar-refractivity contribution in [2.75, 3.05) is 7.11 Å². The lowest BCUT2D eigenvalue weighted by atomic mass is 10.2. The van der Waals surface area contributed by atoms with Gasteiger partial charge in [-0.1, -0.05) is 24.8 Å². The Bertz CT molecular complexity index is 453. The van der Waals surface area contributed by atoms with Gasteiger partial charge in [-0.15, -0.1) is 0 Å². The number of hydrogen-bond donors (Lipinski definition) is 0. The summed E-state index contributed by atoms with van der Waals surface area (Å²) >= 11 is 0. The maximum atomic E-state index is 10.4. The van der Waals surface area contributed by atoms with E-state index in [1.807, 2.05) is 0 Å². The average molecular weight is 251 g/mol. The van der Waals surface area contributed by atoms with E-state index in [1.54, 1.807) is 18.2 Å². The van der Waals surface area contributed by atoms with Crippen LogP contribution in [0.2, 0.25) is 0 Å². The van der Waals surface area contributed by atoms with E-state index >= 15 is 0 Å². The van der Waals surface area contributed by atoms with Crippen molar-refractivity contribution in [2.45, 2.75) is 6.92 Å². The molecule has 0 spiro atoms. The summed E-state index contributed by atoms with van der Waals surface area (Å²) in [6, 6.07) is 7.93. The predicted octanol–water partition coefficient (Wildman–Crippen LogP) is 1.90. The van der Waals surface area contributed by atoms with Crippen molar-refractivity contribution < 1.29 is 19.2 Å². The van der Waals surface area contributed by atoms with Gasteiger partial charge in [0.2, 0.25) is 0 Å². The molecule has 0 bridgehead atoms. The lowest BCUT2D eigenvalue weighted by Crippen LogP contribution is -2.09. The number of nitrogens with zero attached hydrogens (tertiary/aromatic N) is 1. The number of methoxy groups -OCH3 is 1. The molecule has 6 heteroatoms. The summed E-state index contributed by atoms with van der Waals surface area (Å²) in [5.74, 6) is -1.02. The Morgan fingerprint density at radius 2 is 1.78 bits per heavy atom. The van der Waals surface area contributed by atoms with E-state index < -0.39 is 10.9 Å². The molecule has 6 nitrogen and oxygen atoms in total. The summed E-state index contributed by atoms with van der Waals surface area (Å²) in [6.45, 7) is 4.46. The number of rotatable bonds is 3. The number of carbonyl (C=O) groups is 2. The fourth-order valence-corrected chi connectivity index (χ4v) is 0.817. The topological polar surface area (TPSA) is 86.5 Å². The number of hydrogen-bond acceptors (Lipinski definition) is 5. The van der Waals surface area contributed by atoms with Crippen LogP contribution in [0.4, 0.5) is 5.69 Å². The van der Waals surface area contributed by atoms with Gasteiger partial charge in [-0.2, -0.15) is 0 Å². The van der Waals surface area contributed by atoms with E-state index in [2.05, 4.69) is 11.3 Å². The van der Waals surface area contributed by atoms with E-state index in [4.69, 9.17) is 0 Å². The van der Waals surface area contributed by atoms with Gasteiger partial charge < -0.3 is 4.74 Å². The SMILES string of the molecule is C=C(C(C)=O)C(=O)OC.O=[N+]([O-])c1ccccc1. The molecule has 1 aromatic rings. The highest BCUT2D eigenvalue weighted by molar-refractivity contribution is 6.15. The minimum absolute atomic E-state index is 0.113. The Hall–Kier alpha value is -2.50. The van der Waals surface area contributed by atoms with E-state index in [-0.39, 0.29) is 17.0 Å². The summed E-state index contributed by atoms with van der Waals surface area (Å²) in [6.07, 6.45) is 0. The molecule has 0 aliphatic rings. The van der Waals surface area contributed by atoms with Crippen LogP contribution in [-0.4, -0.2) is 23.8 Å². The molecule has 0 amide bonds. The molecular formula is C12H13NO5. The first-order chi connectivity index (χ1) is 8.40. The normalized spacial score (nSPS) is 8.56. The molecule has 0 saturated carbocycles. The summed E-state index contributed by atoms with van der Waals surface area (Å²) in [5, 5.41) is 10.0. The summed E-state index contributed by atoms with van der Waals surface area (Å²) in [7, 11) is 1.20. The zero-order chi connectivity index (χ0) is 14.1. The number of para-hydroxylation sites is 1. The Balaban J connectivity index is 0.000000321. The third-order valence-corrected chi connectivity index (χ3v) is 1.82. The van der Waals surface area contributed by atoms with Crippen LogP contribution >= 0.6 is 0 Å². The van der Waals surface area contributed by atoms with Gasteiger partial charge in [0.05, 0.1) is 17.6 Å². The number of esters is 1. The van der Waals surface area contributed by atoms with Gasteiger partial charge in [0.15, 0.2) is 5.78 Å². The first kappa shape index (κ1) is 15.5. The third-order valence-electron chi connectivity index (χ3n) is 1.82. The zero-order valence-electron chi connectivity index (χ0n) is 10.1. The molecule has 0 heterocycles. The number of nitro groups is 1. The van der Waals surface area contributed by atoms with Crippen LogP contribution in [0.15, 0.2) is 42.5 Å². The van der Waals surface area contributed by atoms with Crippen LogP contribution in [0.5, 0.6) is 0 Å². The van der Waals surface area contributed by atoms with Gasteiger partial charge >= 0.3 is 5.97 Å². The lowest BCUT2D eigenvalue weighted by Gasteiger charge is -1.95. The van der Waals surface area contributed by atoms with Crippen molar-refractivity contribution in [3.8, 4) is 0 Å². The first-order valence-electron chi connectivity index (χ1n) is 4.87. The molecule has 1 rings (SSSR count). The Morgan fingerprint density at radius 3 is 2.00 bits per heavy atom. The quantitative estimate of drug-likeness (QED) is 0.204. The number of benzene rings is 1.